The molecule has 80 valence electrons. The number of aromatic nitrogens is 2. The molecule has 1 unspecified atom stereocenters. The second kappa shape index (κ2) is 4.12. The third-order valence-corrected chi connectivity index (χ3v) is 2.31. The highest BCUT2D eigenvalue weighted by Crippen LogP contribution is 2.11. The number of hydrogen-bond acceptors (Lipinski definition) is 5. The predicted octanol–water partition coefficient (Wildman–Crippen LogP) is -0.251. The maximum atomic E-state index is 10.9. The van der Waals surface area contributed by atoms with Gasteiger partial charge in [0.05, 0.1) is 0 Å². The summed E-state index contributed by atoms with van der Waals surface area (Å²) in [5.41, 5.74) is 5.52. The third-order valence-electron chi connectivity index (χ3n) is 2.31. The van der Waals surface area contributed by atoms with E-state index in [2.05, 4.69) is 20.6 Å². The number of hydrogen-bond donors (Lipinski definition) is 3. The summed E-state index contributed by atoms with van der Waals surface area (Å²) in [5, 5.41) is 5.99. The molecule has 0 aromatic carbocycles. The molecule has 2 heterocycles. The number of rotatable bonds is 2. The molecule has 1 amide bonds. The summed E-state index contributed by atoms with van der Waals surface area (Å²) in [4.78, 5) is 18.8. The molecule has 1 fully saturated rings. The normalized spacial score (nSPS) is 20.8. The van der Waals surface area contributed by atoms with Crippen LogP contribution in [0.25, 0.3) is 0 Å². The predicted molar refractivity (Wildman–Crippen MR) is 56.1 cm³/mol. The van der Waals surface area contributed by atoms with Crippen molar-refractivity contribution in [3.05, 3.63) is 12.4 Å². The Balaban J connectivity index is 1.94. The fraction of sp³-hybridized carbons (Fsp3) is 0.444. The van der Waals surface area contributed by atoms with Gasteiger partial charge in [-0.2, -0.15) is 0 Å². The molecule has 2 rings (SSSR count). The van der Waals surface area contributed by atoms with Crippen LogP contribution < -0.4 is 16.4 Å². The molecule has 1 saturated heterocycles. The number of piperidine rings is 1. The molecule has 0 bridgehead atoms. The summed E-state index contributed by atoms with van der Waals surface area (Å²) in [5.74, 6) is 1.24. The van der Waals surface area contributed by atoms with Gasteiger partial charge >= 0.3 is 0 Å². The van der Waals surface area contributed by atoms with Gasteiger partial charge in [0.25, 0.3) is 0 Å². The van der Waals surface area contributed by atoms with Crippen LogP contribution in [-0.4, -0.2) is 28.5 Å². The molecular weight excluding hydrogens is 194 g/mol. The lowest BCUT2D eigenvalue weighted by atomic mass is 10.1. The summed E-state index contributed by atoms with van der Waals surface area (Å²) in [6, 6.07) is 1.90. The third kappa shape index (κ3) is 2.55. The Morgan fingerprint density at radius 3 is 3.07 bits per heavy atom. The summed E-state index contributed by atoms with van der Waals surface area (Å²) < 4.78 is 0. The standard InChI is InChI=1S/C9H13N5O/c10-7-3-8(13-5-12-7)14-6-1-2-9(15)11-4-6/h3,5-6H,1-2,4H2,(H,11,15)(H3,10,12,13,14). The molecule has 1 atom stereocenters. The van der Waals surface area contributed by atoms with Crippen molar-refractivity contribution in [2.75, 3.05) is 17.6 Å². The Morgan fingerprint density at radius 2 is 2.40 bits per heavy atom. The van der Waals surface area contributed by atoms with Crippen LogP contribution in [0, 0.1) is 0 Å². The van der Waals surface area contributed by atoms with Gasteiger partial charge in [-0.3, -0.25) is 4.79 Å². The lowest BCUT2D eigenvalue weighted by Crippen LogP contribution is -2.42. The molecule has 6 nitrogen and oxygen atoms in total. The number of nitrogens with two attached hydrogens (primary N) is 1. The summed E-state index contributed by atoms with van der Waals surface area (Å²) in [7, 11) is 0. The molecule has 1 aliphatic heterocycles. The van der Waals surface area contributed by atoms with E-state index < -0.39 is 0 Å². The number of carbonyl (C=O) groups is 1. The Morgan fingerprint density at radius 1 is 1.53 bits per heavy atom. The number of nitrogens with zero attached hydrogens (tertiary/aromatic N) is 2. The van der Waals surface area contributed by atoms with Gasteiger partial charge in [0.15, 0.2) is 0 Å². The Hall–Kier alpha value is -1.85. The van der Waals surface area contributed by atoms with E-state index in [0.29, 0.717) is 24.6 Å². The van der Waals surface area contributed by atoms with E-state index >= 15 is 0 Å². The van der Waals surface area contributed by atoms with Gasteiger partial charge in [-0.15, -0.1) is 0 Å². The van der Waals surface area contributed by atoms with Gasteiger partial charge in [0.2, 0.25) is 5.91 Å². The van der Waals surface area contributed by atoms with Gasteiger partial charge in [-0.05, 0) is 6.42 Å². The van der Waals surface area contributed by atoms with Crippen LogP contribution in [0.2, 0.25) is 0 Å². The van der Waals surface area contributed by atoms with Crippen LogP contribution in [0.4, 0.5) is 11.6 Å². The van der Waals surface area contributed by atoms with Crippen LogP contribution in [-0.2, 0) is 4.79 Å². The Kier molecular flexibility index (Phi) is 2.66. The number of nitrogen functional groups attached to an aromatic ring is 1. The van der Waals surface area contributed by atoms with Crippen LogP contribution in [0.1, 0.15) is 12.8 Å². The lowest BCUT2D eigenvalue weighted by Gasteiger charge is -2.23. The first-order chi connectivity index (χ1) is 7.24. The zero-order chi connectivity index (χ0) is 10.7. The molecule has 1 aromatic rings. The fourth-order valence-electron chi connectivity index (χ4n) is 1.52. The van der Waals surface area contributed by atoms with E-state index in [9.17, 15) is 4.79 Å². The van der Waals surface area contributed by atoms with Crippen molar-refractivity contribution in [3.63, 3.8) is 0 Å². The van der Waals surface area contributed by atoms with Crippen LogP contribution in [0.15, 0.2) is 12.4 Å². The van der Waals surface area contributed by atoms with Gasteiger partial charge < -0.3 is 16.4 Å². The van der Waals surface area contributed by atoms with Crippen molar-refractivity contribution in [3.8, 4) is 0 Å². The first-order valence-corrected chi connectivity index (χ1v) is 4.85. The van der Waals surface area contributed by atoms with Crippen molar-refractivity contribution < 1.29 is 4.79 Å². The molecular formula is C9H13N5O. The fourth-order valence-corrected chi connectivity index (χ4v) is 1.52. The maximum absolute atomic E-state index is 10.9. The highest BCUT2D eigenvalue weighted by Gasteiger charge is 2.17. The number of amides is 1. The highest BCUT2D eigenvalue weighted by atomic mass is 16.1. The molecule has 4 N–H and O–H groups in total. The topological polar surface area (TPSA) is 92.9 Å². The largest absolute Gasteiger partial charge is 0.384 e. The number of nitrogens with one attached hydrogen (secondary N) is 2. The van der Waals surface area contributed by atoms with Crippen LogP contribution in [0.5, 0.6) is 0 Å². The van der Waals surface area contributed by atoms with Crippen molar-refractivity contribution in [2.24, 2.45) is 0 Å². The van der Waals surface area contributed by atoms with E-state index in [4.69, 9.17) is 5.73 Å². The van der Waals surface area contributed by atoms with Crippen LogP contribution in [0.3, 0.4) is 0 Å². The van der Waals surface area contributed by atoms with Crippen molar-refractivity contribution in [2.45, 2.75) is 18.9 Å². The molecule has 0 radical (unpaired) electrons. The molecule has 0 spiro atoms. The molecule has 6 heteroatoms. The van der Waals surface area contributed by atoms with Gasteiger partial charge in [-0.25, -0.2) is 9.97 Å². The van der Waals surface area contributed by atoms with E-state index in [1.165, 1.54) is 6.33 Å². The first-order valence-electron chi connectivity index (χ1n) is 4.85. The zero-order valence-corrected chi connectivity index (χ0v) is 8.23. The monoisotopic (exact) mass is 207 g/mol. The van der Waals surface area contributed by atoms with Crippen molar-refractivity contribution in [1.29, 1.82) is 0 Å². The second-order valence-corrected chi connectivity index (χ2v) is 3.51. The molecule has 0 saturated carbocycles. The summed E-state index contributed by atoms with van der Waals surface area (Å²) in [6.45, 7) is 0.628. The summed E-state index contributed by atoms with van der Waals surface area (Å²) >= 11 is 0. The van der Waals surface area contributed by atoms with Crippen LogP contribution >= 0.6 is 0 Å². The minimum atomic E-state index is 0.107. The lowest BCUT2D eigenvalue weighted by molar-refractivity contribution is -0.122. The van der Waals surface area contributed by atoms with E-state index in [1.54, 1.807) is 6.07 Å². The van der Waals surface area contributed by atoms with Gasteiger partial charge in [-0.1, -0.05) is 0 Å². The smallest absolute Gasteiger partial charge is 0.220 e. The SMILES string of the molecule is Nc1cc(NC2CCC(=O)NC2)ncn1. The average molecular weight is 207 g/mol. The minimum Gasteiger partial charge on any atom is -0.384 e. The molecule has 1 aromatic heterocycles. The van der Waals surface area contributed by atoms with E-state index in [1.807, 2.05) is 0 Å². The number of carbonyl (C=O) groups excluding carboxylic acids is 1. The average Bonchev–Trinajstić information content (AvgIpc) is 2.22. The molecule has 15 heavy (non-hydrogen) atoms. The minimum absolute atomic E-state index is 0.107. The highest BCUT2D eigenvalue weighted by molar-refractivity contribution is 5.77. The quantitative estimate of drug-likeness (QED) is 0.621. The van der Waals surface area contributed by atoms with Crippen molar-refractivity contribution in [1.82, 2.24) is 15.3 Å². The van der Waals surface area contributed by atoms with Crippen molar-refractivity contribution >= 4 is 17.5 Å². The second-order valence-electron chi connectivity index (χ2n) is 3.51. The Bertz CT molecular complexity index is 357. The molecule has 0 aliphatic carbocycles. The van der Waals surface area contributed by atoms with Gasteiger partial charge in [0, 0.05) is 25.1 Å². The first kappa shape index (κ1) is 9.70. The van der Waals surface area contributed by atoms with E-state index in [-0.39, 0.29) is 11.9 Å². The van der Waals surface area contributed by atoms with E-state index in [0.717, 1.165) is 6.42 Å². The number of anilines is 2. The summed E-state index contributed by atoms with van der Waals surface area (Å²) in [6.07, 6.45) is 2.78. The maximum Gasteiger partial charge on any atom is 0.220 e. The molecule has 1 aliphatic rings. The Labute approximate surface area is 87.3 Å². The zero-order valence-electron chi connectivity index (χ0n) is 8.23. The van der Waals surface area contributed by atoms with Gasteiger partial charge in [0.1, 0.15) is 18.0 Å².